The van der Waals surface area contributed by atoms with Gasteiger partial charge in [0.15, 0.2) is 5.69 Å². The molecule has 0 saturated heterocycles. The second-order valence-electron chi connectivity index (χ2n) is 3.14. The average molecular weight is 253 g/mol. The maximum Gasteiger partial charge on any atom is 0.189 e. The molecule has 15 heavy (non-hydrogen) atoms. The van der Waals surface area contributed by atoms with Gasteiger partial charge in [0, 0.05) is 7.45 Å². The minimum atomic E-state index is -0.383. The Morgan fingerprint density at radius 2 is 2.20 bits per heavy atom. The van der Waals surface area contributed by atoms with Gasteiger partial charge in [-0.3, -0.25) is 4.34 Å². The van der Waals surface area contributed by atoms with E-state index in [4.69, 9.17) is 6.57 Å². The first kappa shape index (κ1) is 11.0. The van der Waals surface area contributed by atoms with Gasteiger partial charge >= 0.3 is 0 Å². The Balaban J connectivity index is 2.75. The highest BCUT2D eigenvalue weighted by molar-refractivity contribution is 8.42. The van der Waals surface area contributed by atoms with E-state index in [1.54, 1.807) is 0 Å². The van der Waals surface area contributed by atoms with Gasteiger partial charge in [-0.1, -0.05) is 23.9 Å². The summed E-state index contributed by atoms with van der Waals surface area (Å²) in [7, 11) is 5.18. The highest BCUT2D eigenvalue weighted by atomic mass is 32.4. The number of hydrogen-bond donors (Lipinski definition) is 0. The van der Waals surface area contributed by atoms with E-state index in [0.29, 0.717) is 5.69 Å². The van der Waals surface area contributed by atoms with E-state index in [1.165, 1.54) is 0 Å². The minimum absolute atomic E-state index is 0.383. The van der Waals surface area contributed by atoms with Gasteiger partial charge in [0.25, 0.3) is 0 Å². The first-order valence-electron chi connectivity index (χ1n) is 4.30. The van der Waals surface area contributed by atoms with E-state index in [2.05, 4.69) is 32.0 Å². The van der Waals surface area contributed by atoms with E-state index in [9.17, 15) is 0 Å². The van der Waals surface area contributed by atoms with Crippen molar-refractivity contribution in [2.75, 3.05) is 0 Å². The summed E-state index contributed by atoms with van der Waals surface area (Å²) >= 11 is 0. The van der Waals surface area contributed by atoms with Gasteiger partial charge in [0.1, 0.15) is 5.82 Å². The van der Waals surface area contributed by atoms with Crippen molar-refractivity contribution in [3.05, 3.63) is 35.4 Å². The number of imidazole rings is 1. The molecule has 0 fully saturated rings. The molecule has 1 heterocycles. The van der Waals surface area contributed by atoms with Gasteiger partial charge in [0.2, 0.25) is 0 Å². The van der Waals surface area contributed by atoms with Crippen LogP contribution in [-0.2, 0) is 0 Å². The smallest absolute Gasteiger partial charge is 0.189 e. The fraction of sp³-hybridized carbons (Fsp3) is 0.111. The van der Waals surface area contributed by atoms with Crippen molar-refractivity contribution in [3.8, 4) is 0 Å². The molecule has 0 saturated carbocycles. The molecule has 6 heteroatoms. The van der Waals surface area contributed by atoms with E-state index >= 15 is 0 Å². The Labute approximate surface area is 94.1 Å². The highest BCUT2D eigenvalue weighted by Gasteiger charge is 2.10. The van der Waals surface area contributed by atoms with Crippen molar-refractivity contribution in [1.29, 1.82) is 0 Å². The molecule has 76 valence electrons. The number of rotatable bonds is 1. The van der Waals surface area contributed by atoms with Crippen molar-refractivity contribution in [3.63, 3.8) is 0 Å². The van der Waals surface area contributed by atoms with Crippen LogP contribution in [0.5, 0.6) is 0 Å². The molecule has 0 radical (unpaired) electrons. The minimum Gasteiger partial charge on any atom is -0.300 e. The Morgan fingerprint density at radius 3 is 2.80 bits per heavy atom. The van der Waals surface area contributed by atoms with Crippen molar-refractivity contribution in [2.24, 2.45) is 0 Å². The van der Waals surface area contributed by atoms with Crippen molar-refractivity contribution in [1.82, 2.24) is 9.32 Å². The lowest BCUT2D eigenvalue weighted by Crippen LogP contribution is -1.86. The average Bonchev–Trinajstić information content (AvgIpc) is 2.52. The molecular weight excluding hydrogens is 243 g/mol. The zero-order chi connectivity index (χ0) is 11.0. The third-order valence-corrected chi connectivity index (χ3v) is 4.49. The van der Waals surface area contributed by atoms with Gasteiger partial charge in [-0.05, 0) is 19.1 Å². The number of aryl methyl sites for hydroxylation is 1. The molecule has 0 N–H and O–H groups in total. The molecule has 1 aromatic heterocycles. The predicted molar refractivity (Wildman–Crippen MR) is 72.5 cm³/mol. The van der Waals surface area contributed by atoms with Crippen LogP contribution >= 0.6 is 25.3 Å². The van der Waals surface area contributed by atoms with Crippen LogP contribution in [0.25, 0.3) is 15.9 Å². The third-order valence-electron chi connectivity index (χ3n) is 2.14. The van der Waals surface area contributed by atoms with E-state index in [1.807, 2.05) is 25.1 Å². The lowest BCUT2D eigenvalue weighted by Gasteiger charge is -2.09. The molecule has 2 aromatic rings. The van der Waals surface area contributed by atoms with Crippen LogP contribution in [-0.4, -0.2) is 9.32 Å². The van der Waals surface area contributed by atoms with Crippen LogP contribution in [0.4, 0.5) is 5.69 Å². The van der Waals surface area contributed by atoms with Crippen LogP contribution in [0.2, 0.25) is 0 Å². The molecule has 0 bridgehead atoms. The summed E-state index contributed by atoms with van der Waals surface area (Å²) < 4.78 is 2.17. The SMILES string of the molecule is [C-]#[N+]c1ccc2c(c1)nc(C)n2P(P)P. The normalized spacial score (nSPS) is 10.9. The molecule has 2 unspecified atom stereocenters. The van der Waals surface area contributed by atoms with Crippen molar-refractivity contribution < 1.29 is 0 Å². The molecule has 0 aliphatic heterocycles. The second-order valence-corrected chi connectivity index (χ2v) is 9.26. The Bertz CT molecular complexity index is 553. The Morgan fingerprint density at radius 1 is 1.47 bits per heavy atom. The van der Waals surface area contributed by atoms with Gasteiger partial charge in [-0.15, -0.1) is 0 Å². The molecular formula is C9H10N3P3. The van der Waals surface area contributed by atoms with Crippen LogP contribution in [0.3, 0.4) is 0 Å². The van der Waals surface area contributed by atoms with Crippen LogP contribution in [0.1, 0.15) is 5.82 Å². The predicted octanol–water partition coefficient (Wildman–Crippen LogP) is 3.72. The van der Waals surface area contributed by atoms with Crippen LogP contribution in [0.15, 0.2) is 18.2 Å². The Hall–Kier alpha value is -0.530. The Kier molecular flexibility index (Phi) is 3.03. The molecule has 0 aliphatic carbocycles. The summed E-state index contributed by atoms with van der Waals surface area (Å²) in [5.74, 6) is 0.989. The number of aromatic nitrogens is 2. The maximum absolute atomic E-state index is 6.95. The summed E-state index contributed by atoms with van der Waals surface area (Å²) in [5.41, 5.74) is 2.64. The van der Waals surface area contributed by atoms with Gasteiger partial charge in [-0.2, -0.15) is 0 Å². The number of fused-ring (bicyclic) bond motifs is 1. The lowest BCUT2D eigenvalue weighted by molar-refractivity contribution is 1.11. The van der Waals surface area contributed by atoms with Gasteiger partial charge in [-0.25, -0.2) is 9.83 Å². The largest absolute Gasteiger partial charge is 0.300 e. The summed E-state index contributed by atoms with van der Waals surface area (Å²) in [4.78, 5) is 7.85. The summed E-state index contributed by atoms with van der Waals surface area (Å²) in [5, 5.41) is 0. The first-order chi connectivity index (χ1) is 7.13. The molecule has 2 rings (SSSR count). The monoisotopic (exact) mass is 253 g/mol. The third kappa shape index (κ3) is 1.91. The highest BCUT2D eigenvalue weighted by Crippen LogP contribution is 2.55. The van der Waals surface area contributed by atoms with E-state index in [0.717, 1.165) is 16.9 Å². The fourth-order valence-corrected chi connectivity index (χ4v) is 4.08. The zero-order valence-electron chi connectivity index (χ0n) is 8.18. The molecule has 0 aliphatic rings. The van der Waals surface area contributed by atoms with Gasteiger partial charge in [0.05, 0.1) is 17.6 Å². The van der Waals surface area contributed by atoms with Crippen LogP contribution in [0, 0.1) is 13.5 Å². The van der Waals surface area contributed by atoms with E-state index < -0.39 is 0 Å². The second kappa shape index (κ2) is 4.15. The topological polar surface area (TPSA) is 22.2 Å². The zero-order valence-corrected chi connectivity index (χ0v) is 11.4. The van der Waals surface area contributed by atoms with Crippen molar-refractivity contribution >= 4 is 42.0 Å². The summed E-state index contributed by atoms with van der Waals surface area (Å²) in [6.45, 7) is 8.94. The van der Waals surface area contributed by atoms with Gasteiger partial charge < -0.3 is 0 Å². The van der Waals surface area contributed by atoms with Crippen molar-refractivity contribution in [2.45, 2.75) is 6.92 Å². The lowest BCUT2D eigenvalue weighted by atomic mass is 10.3. The number of nitrogens with zero attached hydrogens (tertiary/aromatic N) is 3. The van der Waals surface area contributed by atoms with Crippen LogP contribution < -0.4 is 0 Å². The molecule has 1 aromatic carbocycles. The quantitative estimate of drug-likeness (QED) is 0.560. The molecule has 0 amide bonds. The number of hydrogen-bond acceptors (Lipinski definition) is 1. The summed E-state index contributed by atoms with van der Waals surface area (Å²) in [6, 6.07) is 5.63. The molecule has 0 spiro atoms. The first-order valence-corrected chi connectivity index (χ1v) is 8.83. The standard InChI is InChI=1S/C9H10N3P3/c1-6-11-8-5-7(10-2)3-4-9(8)12(6)15(13)14/h3-5H,13-14H2,1H3. The summed E-state index contributed by atoms with van der Waals surface area (Å²) in [6.07, 6.45) is 0. The van der Waals surface area contributed by atoms with E-state index in [-0.39, 0.29) is 7.45 Å². The maximum atomic E-state index is 6.95. The molecule has 2 atom stereocenters. The molecule has 3 nitrogen and oxygen atoms in total. The number of benzene rings is 1. The fourth-order valence-electron chi connectivity index (χ4n) is 1.54.